The topological polar surface area (TPSA) is 86.7 Å². The highest BCUT2D eigenvalue weighted by atomic mass is 16.4. The van der Waals surface area contributed by atoms with Crippen LogP contribution in [0.3, 0.4) is 0 Å². The summed E-state index contributed by atoms with van der Waals surface area (Å²) >= 11 is 0. The number of hydrogen-bond donors (Lipinski definition) is 2. The Morgan fingerprint density at radius 1 is 1.31 bits per heavy atom. The Kier molecular flexibility index (Phi) is 3.87. The van der Waals surface area contributed by atoms with Crippen LogP contribution in [-0.4, -0.2) is 48.4 Å². The number of carbonyl (C=O) groups excluding carboxylic acids is 2. The summed E-state index contributed by atoms with van der Waals surface area (Å²) in [6.07, 6.45) is 0.645. The minimum atomic E-state index is -0.926. The minimum Gasteiger partial charge on any atom is -0.481 e. The van der Waals surface area contributed by atoms with Crippen molar-refractivity contribution in [1.29, 1.82) is 0 Å². The van der Waals surface area contributed by atoms with Gasteiger partial charge in [0.2, 0.25) is 11.8 Å². The number of carbonyl (C=O) groups is 3. The highest BCUT2D eigenvalue weighted by Crippen LogP contribution is 2.38. The predicted molar refractivity (Wildman–Crippen MR) is 55.6 cm³/mol. The van der Waals surface area contributed by atoms with E-state index in [1.807, 2.05) is 0 Å². The molecule has 0 spiro atoms. The number of carboxylic acids is 1. The molecule has 90 valence electrons. The molecule has 1 rings (SSSR count). The van der Waals surface area contributed by atoms with Gasteiger partial charge in [-0.1, -0.05) is 0 Å². The van der Waals surface area contributed by atoms with Crippen molar-refractivity contribution in [3.05, 3.63) is 0 Å². The summed E-state index contributed by atoms with van der Waals surface area (Å²) in [7, 11) is 3.29. The fourth-order valence-corrected chi connectivity index (χ4v) is 1.41. The largest absolute Gasteiger partial charge is 0.481 e. The van der Waals surface area contributed by atoms with Crippen LogP contribution >= 0.6 is 0 Å². The molecule has 1 saturated carbocycles. The molecule has 2 atom stereocenters. The standard InChI is InChI=1S/C10H16N2O4/c1-12(2)8(13)3-4-11-9(14)6-5-7(6)10(15)16/h6-7H,3-5H2,1-2H3,(H,11,14)(H,15,16)/t6-,7+/m1/s1. The second kappa shape index (κ2) is 4.96. The molecule has 0 bridgehead atoms. The highest BCUT2D eigenvalue weighted by Gasteiger charge is 2.48. The third-order valence-electron chi connectivity index (χ3n) is 2.58. The summed E-state index contributed by atoms with van der Waals surface area (Å²) in [5, 5.41) is 11.2. The zero-order valence-corrected chi connectivity index (χ0v) is 9.40. The Morgan fingerprint density at radius 3 is 2.38 bits per heavy atom. The molecule has 2 amide bonds. The average Bonchev–Trinajstić information content (AvgIpc) is 2.96. The van der Waals surface area contributed by atoms with Crippen LogP contribution in [0.1, 0.15) is 12.8 Å². The first-order valence-corrected chi connectivity index (χ1v) is 5.14. The predicted octanol–water partition coefficient (Wildman–Crippen LogP) is -0.698. The first-order valence-electron chi connectivity index (χ1n) is 5.14. The third-order valence-corrected chi connectivity index (χ3v) is 2.58. The van der Waals surface area contributed by atoms with E-state index >= 15 is 0 Å². The molecule has 6 heteroatoms. The molecule has 0 aliphatic heterocycles. The van der Waals surface area contributed by atoms with Gasteiger partial charge in [0.15, 0.2) is 0 Å². The van der Waals surface area contributed by atoms with E-state index in [0.29, 0.717) is 6.42 Å². The van der Waals surface area contributed by atoms with Crippen molar-refractivity contribution in [2.24, 2.45) is 11.8 Å². The van der Waals surface area contributed by atoms with Gasteiger partial charge in [0.25, 0.3) is 0 Å². The lowest BCUT2D eigenvalue weighted by molar-refractivity contribution is -0.140. The van der Waals surface area contributed by atoms with E-state index in [9.17, 15) is 14.4 Å². The van der Waals surface area contributed by atoms with Gasteiger partial charge in [0.05, 0.1) is 11.8 Å². The van der Waals surface area contributed by atoms with Crippen molar-refractivity contribution in [3.63, 3.8) is 0 Å². The Hall–Kier alpha value is -1.59. The molecule has 1 aliphatic carbocycles. The molecular formula is C10H16N2O4. The van der Waals surface area contributed by atoms with E-state index in [1.165, 1.54) is 4.90 Å². The van der Waals surface area contributed by atoms with Gasteiger partial charge in [-0.05, 0) is 6.42 Å². The summed E-state index contributed by atoms with van der Waals surface area (Å²) in [5.74, 6) is -2.20. The number of aliphatic carboxylic acids is 1. The van der Waals surface area contributed by atoms with Gasteiger partial charge in [-0.15, -0.1) is 0 Å². The van der Waals surface area contributed by atoms with Gasteiger partial charge in [0.1, 0.15) is 0 Å². The number of hydrogen-bond acceptors (Lipinski definition) is 3. The quantitative estimate of drug-likeness (QED) is 0.651. The van der Waals surface area contributed by atoms with E-state index in [-0.39, 0.29) is 24.8 Å². The molecular weight excluding hydrogens is 212 g/mol. The molecule has 16 heavy (non-hydrogen) atoms. The number of carboxylic acid groups (broad SMARTS) is 1. The van der Waals surface area contributed by atoms with E-state index in [1.54, 1.807) is 14.1 Å². The molecule has 0 aromatic rings. The van der Waals surface area contributed by atoms with Crippen molar-refractivity contribution in [3.8, 4) is 0 Å². The Bertz CT molecular complexity index is 314. The molecule has 1 fully saturated rings. The fourth-order valence-electron chi connectivity index (χ4n) is 1.41. The van der Waals surface area contributed by atoms with Crippen LogP contribution in [0, 0.1) is 11.8 Å². The summed E-state index contributed by atoms with van der Waals surface area (Å²) < 4.78 is 0. The van der Waals surface area contributed by atoms with Crippen LogP contribution in [0.4, 0.5) is 0 Å². The van der Waals surface area contributed by atoms with Gasteiger partial charge in [-0.3, -0.25) is 14.4 Å². The average molecular weight is 228 g/mol. The maximum atomic E-state index is 11.4. The van der Waals surface area contributed by atoms with E-state index in [2.05, 4.69) is 5.32 Å². The second-order valence-corrected chi connectivity index (χ2v) is 4.12. The van der Waals surface area contributed by atoms with Crippen molar-refractivity contribution < 1.29 is 19.5 Å². The third kappa shape index (κ3) is 3.22. The first-order chi connectivity index (χ1) is 7.43. The second-order valence-electron chi connectivity index (χ2n) is 4.12. The van der Waals surface area contributed by atoms with Crippen LogP contribution in [0.5, 0.6) is 0 Å². The van der Waals surface area contributed by atoms with Gasteiger partial charge >= 0.3 is 5.97 Å². The Balaban J connectivity index is 2.18. The van der Waals surface area contributed by atoms with Gasteiger partial charge in [-0.25, -0.2) is 0 Å². The van der Waals surface area contributed by atoms with Crippen LogP contribution in [-0.2, 0) is 14.4 Å². The zero-order chi connectivity index (χ0) is 12.3. The molecule has 6 nitrogen and oxygen atoms in total. The summed E-state index contributed by atoms with van der Waals surface area (Å²) in [6, 6.07) is 0. The van der Waals surface area contributed by atoms with Gasteiger partial charge in [0, 0.05) is 27.1 Å². The summed E-state index contributed by atoms with van der Waals surface area (Å²) in [6.45, 7) is 0.263. The summed E-state index contributed by atoms with van der Waals surface area (Å²) in [4.78, 5) is 34.5. The Morgan fingerprint density at radius 2 is 1.94 bits per heavy atom. The number of nitrogens with zero attached hydrogens (tertiary/aromatic N) is 1. The maximum Gasteiger partial charge on any atom is 0.307 e. The first kappa shape index (κ1) is 12.5. The molecule has 0 unspecified atom stereocenters. The fraction of sp³-hybridized carbons (Fsp3) is 0.700. The van der Waals surface area contributed by atoms with Crippen molar-refractivity contribution in [2.45, 2.75) is 12.8 Å². The van der Waals surface area contributed by atoms with Crippen LogP contribution < -0.4 is 5.32 Å². The Labute approximate surface area is 93.6 Å². The lowest BCUT2D eigenvalue weighted by atomic mass is 10.3. The van der Waals surface area contributed by atoms with Crippen molar-refractivity contribution in [2.75, 3.05) is 20.6 Å². The number of rotatable bonds is 5. The highest BCUT2D eigenvalue weighted by molar-refractivity contribution is 5.89. The molecule has 0 aromatic heterocycles. The molecule has 0 heterocycles. The lowest BCUT2D eigenvalue weighted by Gasteiger charge is -2.10. The molecule has 2 N–H and O–H groups in total. The summed E-state index contributed by atoms with van der Waals surface area (Å²) in [5.41, 5.74) is 0. The molecule has 0 radical (unpaired) electrons. The van der Waals surface area contributed by atoms with Crippen LogP contribution in [0.25, 0.3) is 0 Å². The monoisotopic (exact) mass is 228 g/mol. The lowest BCUT2D eigenvalue weighted by Crippen LogP contribution is -2.31. The van der Waals surface area contributed by atoms with E-state index in [0.717, 1.165) is 0 Å². The number of amides is 2. The smallest absolute Gasteiger partial charge is 0.307 e. The van der Waals surface area contributed by atoms with E-state index < -0.39 is 17.8 Å². The molecule has 0 saturated heterocycles. The molecule has 1 aliphatic rings. The van der Waals surface area contributed by atoms with Crippen LogP contribution in [0.15, 0.2) is 0 Å². The zero-order valence-electron chi connectivity index (χ0n) is 9.40. The van der Waals surface area contributed by atoms with Crippen LogP contribution in [0.2, 0.25) is 0 Å². The van der Waals surface area contributed by atoms with Gasteiger partial charge < -0.3 is 15.3 Å². The number of nitrogens with one attached hydrogen (secondary N) is 1. The van der Waals surface area contributed by atoms with Crippen molar-refractivity contribution in [1.82, 2.24) is 10.2 Å². The SMILES string of the molecule is CN(C)C(=O)CCNC(=O)[C@@H]1C[C@@H]1C(=O)O. The minimum absolute atomic E-state index is 0.0640. The van der Waals surface area contributed by atoms with Crippen molar-refractivity contribution >= 4 is 17.8 Å². The van der Waals surface area contributed by atoms with E-state index in [4.69, 9.17) is 5.11 Å². The van der Waals surface area contributed by atoms with Gasteiger partial charge in [-0.2, -0.15) is 0 Å². The maximum absolute atomic E-state index is 11.4. The normalized spacial score (nSPS) is 22.4. The molecule has 0 aromatic carbocycles.